The Hall–Kier alpha value is -1.98. The van der Waals surface area contributed by atoms with Crippen LogP contribution in [0.2, 0.25) is 0 Å². The molecule has 21 heavy (non-hydrogen) atoms. The van der Waals surface area contributed by atoms with E-state index in [0.29, 0.717) is 6.54 Å². The van der Waals surface area contributed by atoms with Crippen LogP contribution >= 0.6 is 15.9 Å². The number of benzene rings is 2. The third-order valence-corrected chi connectivity index (χ3v) is 3.79. The van der Waals surface area contributed by atoms with Crippen LogP contribution in [0.3, 0.4) is 0 Å². The van der Waals surface area contributed by atoms with Gasteiger partial charge in [0.2, 0.25) is 0 Å². The Bertz CT molecular complexity index is 720. The van der Waals surface area contributed by atoms with Gasteiger partial charge in [0, 0.05) is 22.6 Å². The van der Waals surface area contributed by atoms with Crippen LogP contribution in [0.5, 0.6) is 0 Å². The first-order chi connectivity index (χ1) is 10.1. The van der Waals surface area contributed by atoms with E-state index in [2.05, 4.69) is 33.1 Å². The summed E-state index contributed by atoms with van der Waals surface area (Å²) in [5, 5.41) is 1.52. The van der Waals surface area contributed by atoms with Crippen LogP contribution in [-0.2, 0) is 0 Å². The predicted octanol–water partition coefficient (Wildman–Crippen LogP) is 3.14. The van der Waals surface area contributed by atoms with Crippen LogP contribution in [0.25, 0.3) is 0 Å². The van der Waals surface area contributed by atoms with Gasteiger partial charge in [-0.3, -0.25) is 10.0 Å². The van der Waals surface area contributed by atoms with Gasteiger partial charge in [-0.25, -0.2) is 10.8 Å². The van der Waals surface area contributed by atoms with Gasteiger partial charge in [-0.1, -0.05) is 46.3 Å². The number of hydrazine groups is 1. The van der Waals surface area contributed by atoms with Crippen LogP contribution in [0.4, 0.5) is 5.69 Å². The lowest BCUT2D eigenvalue weighted by molar-refractivity contribution is 0.531. The number of aliphatic imine (C=N–C) groups is 2. The molecule has 0 unspecified atom stereocenters. The summed E-state index contributed by atoms with van der Waals surface area (Å²) in [6, 6.07) is 16.1. The maximum atomic E-state index is 5.83. The smallest absolute Gasteiger partial charge is 0.140 e. The number of halogens is 1. The fraction of sp³-hybridized carbons (Fsp3) is 0.125. The fourth-order valence-corrected chi connectivity index (χ4v) is 2.60. The first-order valence-corrected chi connectivity index (χ1v) is 7.40. The molecule has 0 saturated carbocycles. The van der Waals surface area contributed by atoms with E-state index in [4.69, 9.17) is 10.8 Å². The minimum absolute atomic E-state index is 0.462. The first kappa shape index (κ1) is 14.0. The van der Waals surface area contributed by atoms with Crippen molar-refractivity contribution in [1.29, 1.82) is 0 Å². The van der Waals surface area contributed by atoms with Crippen molar-refractivity contribution in [2.75, 3.05) is 13.6 Å². The third-order valence-electron chi connectivity index (χ3n) is 3.30. The monoisotopic (exact) mass is 342 g/mol. The number of hydrogen-bond donors (Lipinski definition) is 1. The van der Waals surface area contributed by atoms with E-state index in [1.165, 1.54) is 5.01 Å². The van der Waals surface area contributed by atoms with Crippen molar-refractivity contribution in [2.45, 2.75) is 0 Å². The number of amidine groups is 1. The molecule has 0 amide bonds. The van der Waals surface area contributed by atoms with E-state index in [0.717, 1.165) is 32.8 Å². The van der Waals surface area contributed by atoms with Crippen molar-refractivity contribution in [3.05, 3.63) is 64.1 Å². The topological polar surface area (TPSA) is 54.0 Å². The van der Waals surface area contributed by atoms with Gasteiger partial charge < -0.3 is 0 Å². The molecule has 0 saturated heterocycles. The van der Waals surface area contributed by atoms with Gasteiger partial charge in [-0.05, 0) is 18.2 Å². The largest absolute Gasteiger partial charge is 0.300 e. The Morgan fingerprint density at radius 2 is 1.90 bits per heavy atom. The van der Waals surface area contributed by atoms with E-state index in [9.17, 15) is 0 Å². The standard InChI is InChI=1S/C16H15BrN4/c1-21(18)15-10-19-16(11-5-3-2-4-6-11)13-9-12(17)7-8-14(13)20-15/h2-9H,10,18H2,1H3. The second-order valence-electron chi connectivity index (χ2n) is 4.83. The Morgan fingerprint density at radius 1 is 1.14 bits per heavy atom. The van der Waals surface area contributed by atoms with E-state index in [1.54, 1.807) is 7.05 Å². The summed E-state index contributed by atoms with van der Waals surface area (Å²) in [4.78, 5) is 9.36. The van der Waals surface area contributed by atoms with E-state index in [-0.39, 0.29) is 0 Å². The lowest BCUT2D eigenvalue weighted by Gasteiger charge is -2.12. The molecule has 1 aliphatic rings. The Labute approximate surface area is 132 Å². The zero-order valence-corrected chi connectivity index (χ0v) is 13.2. The number of fused-ring (bicyclic) bond motifs is 1. The van der Waals surface area contributed by atoms with Gasteiger partial charge in [0.1, 0.15) is 5.84 Å². The van der Waals surface area contributed by atoms with Crippen molar-refractivity contribution in [2.24, 2.45) is 15.8 Å². The summed E-state index contributed by atoms with van der Waals surface area (Å²) in [5.74, 6) is 6.57. The number of nitrogens with zero attached hydrogens (tertiary/aromatic N) is 3. The highest BCUT2D eigenvalue weighted by Gasteiger charge is 2.17. The van der Waals surface area contributed by atoms with Gasteiger partial charge >= 0.3 is 0 Å². The Balaban J connectivity index is 2.19. The summed E-state index contributed by atoms with van der Waals surface area (Å²) >= 11 is 3.52. The molecule has 1 aliphatic heterocycles. The summed E-state index contributed by atoms with van der Waals surface area (Å²) in [6.07, 6.45) is 0. The molecule has 1 heterocycles. The summed E-state index contributed by atoms with van der Waals surface area (Å²) in [6.45, 7) is 0.462. The molecule has 0 aromatic heterocycles. The number of rotatable bonds is 1. The van der Waals surface area contributed by atoms with Crippen LogP contribution < -0.4 is 5.84 Å². The van der Waals surface area contributed by atoms with Crippen LogP contribution in [0.1, 0.15) is 11.1 Å². The zero-order chi connectivity index (χ0) is 14.8. The van der Waals surface area contributed by atoms with Crippen LogP contribution in [0, 0.1) is 0 Å². The molecule has 0 radical (unpaired) electrons. The van der Waals surface area contributed by atoms with Crippen LogP contribution in [-0.4, -0.2) is 30.1 Å². The van der Waals surface area contributed by atoms with Crippen LogP contribution in [0.15, 0.2) is 63.0 Å². The Morgan fingerprint density at radius 3 is 2.62 bits per heavy atom. The molecule has 106 valence electrons. The molecule has 0 bridgehead atoms. The molecule has 0 spiro atoms. The van der Waals surface area contributed by atoms with E-state index in [1.807, 2.05) is 36.4 Å². The molecule has 2 aromatic rings. The second kappa shape index (κ2) is 5.79. The van der Waals surface area contributed by atoms with Crippen molar-refractivity contribution in [3.8, 4) is 0 Å². The Kier molecular flexibility index (Phi) is 3.86. The van der Waals surface area contributed by atoms with Crippen molar-refractivity contribution < 1.29 is 0 Å². The molecule has 0 atom stereocenters. The summed E-state index contributed by atoms with van der Waals surface area (Å²) < 4.78 is 1.00. The van der Waals surface area contributed by atoms with E-state index >= 15 is 0 Å². The molecule has 3 rings (SSSR count). The first-order valence-electron chi connectivity index (χ1n) is 6.61. The lowest BCUT2D eigenvalue weighted by Crippen LogP contribution is -2.34. The lowest BCUT2D eigenvalue weighted by atomic mass is 10.0. The average molecular weight is 343 g/mol. The summed E-state index contributed by atoms with van der Waals surface area (Å²) in [7, 11) is 1.78. The van der Waals surface area contributed by atoms with Gasteiger partial charge in [-0.15, -0.1) is 0 Å². The highest BCUT2D eigenvalue weighted by Crippen LogP contribution is 2.28. The molecule has 2 aromatic carbocycles. The third kappa shape index (κ3) is 2.89. The normalized spacial score (nSPS) is 13.9. The maximum Gasteiger partial charge on any atom is 0.140 e. The number of likely N-dealkylation sites (N-methyl/N-ethyl adjacent to an activating group) is 1. The molecular formula is C16H15BrN4. The maximum absolute atomic E-state index is 5.83. The number of nitrogens with two attached hydrogens (primary N) is 1. The molecule has 2 N–H and O–H groups in total. The minimum atomic E-state index is 0.462. The molecule has 0 fully saturated rings. The highest BCUT2D eigenvalue weighted by atomic mass is 79.9. The molecule has 0 aliphatic carbocycles. The quantitative estimate of drug-likeness (QED) is 0.639. The van der Waals surface area contributed by atoms with Crippen molar-refractivity contribution >= 4 is 33.2 Å². The van der Waals surface area contributed by atoms with Gasteiger partial charge in [-0.2, -0.15) is 0 Å². The van der Waals surface area contributed by atoms with Crippen molar-refractivity contribution in [3.63, 3.8) is 0 Å². The van der Waals surface area contributed by atoms with E-state index < -0.39 is 0 Å². The highest BCUT2D eigenvalue weighted by molar-refractivity contribution is 9.10. The predicted molar refractivity (Wildman–Crippen MR) is 90.1 cm³/mol. The molecule has 5 heteroatoms. The molecular weight excluding hydrogens is 328 g/mol. The second-order valence-corrected chi connectivity index (χ2v) is 5.75. The van der Waals surface area contributed by atoms with Gasteiger partial charge in [0.15, 0.2) is 0 Å². The average Bonchev–Trinajstić information content (AvgIpc) is 2.67. The number of hydrogen-bond acceptors (Lipinski definition) is 4. The van der Waals surface area contributed by atoms with Gasteiger partial charge in [0.05, 0.1) is 17.9 Å². The SMILES string of the molecule is CN(N)C1=Nc2ccc(Br)cc2C(c2ccccc2)=NC1. The van der Waals surface area contributed by atoms with Crippen molar-refractivity contribution in [1.82, 2.24) is 5.01 Å². The summed E-state index contributed by atoms with van der Waals surface area (Å²) in [5.41, 5.74) is 3.90. The minimum Gasteiger partial charge on any atom is -0.300 e. The zero-order valence-electron chi connectivity index (χ0n) is 11.6. The van der Waals surface area contributed by atoms with Gasteiger partial charge in [0.25, 0.3) is 0 Å². The molecule has 4 nitrogen and oxygen atoms in total. The fourth-order valence-electron chi connectivity index (χ4n) is 2.24.